The quantitative estimate of drug-likeness (QED) is 0.740. The molecule has 1 aromatic heterocycles. The van der Waals surface area contributed by atoms with Crippen molar-refractivity contribution in [2.75, 3.05) is 0 Å². The van der Waals surface area contributed by atoms with Gasteiger partial charge in [-0.05, 0) is 32.6 Å². The normalized spacial score (nSPS) is 18.5. The zero-order valence-electron chi connectivity index (χ0n) is 9.57. The third-order valence-corrected chi connectivity index (χ3v) is 3.40. The minimum absolute atomic E-state index is 0.393. The highest BCUT2D eigenvalue weighted by Crippen LogP contribution is 2.42. The lowest BCUT2D eigenvalue weighted by atomic mass is 10.1. The van der Waals surface area contributed by atoms with Gasteiger partial charge in [0, 0.05) is 12.0 Å². The van der Waals surface area contributed by atoms with Crippen molar-refractivity contribution in [1.29, 1.82) is 0 Å². The van der Waals surface area contributed by atoms with E-state index < -0.39 is 0 Å². The zero-order valence-corrected chi connectivity index (χ0v) is 10.3. The standard InChI is InChI=1S/C11H18ClN3/c1-7(2)15-10(6-12)13-14-11(15)8(3)9-4-5-9/h7-9H,4-6H2,1-3H3. The maximum atomic E-state index is 5.87. The zero-order chi connectivity index (χ0) is 11.0. The molecule has 4 heteroatoms. The molecule has 1 unspecified atom stereocenters. The fourth-order valence-corrected chi connectivity index (χ4v) is 2.29. The average molecular weight is 228 g/mol. The van der Waals surface area contributed by atoms with Gasteiger partial charge in [-0.15, -0.1) is 21.8 Å². The molecule has 0 radical (unpaired) electrons. The van der Waals surface area contributed by atoms with E-state index in [1.807, 2.05) is 0 Å². The fourth-order valence-electron chi connectivity index (χ4n) is 2.11. The summed E-state index contributed by atoms with van der Waals surface area (Å²) in [5.41, 5.74) is 0. The van der Waals surface area contributed by atoms with E-state index in [1.54, 1.807) is 0 Å². The summed E-state index contributed by atoms with van der Waals surface area (Å²) in [6, 6.07) is 0.393. The number of rotatable bonds is 4. The number of nitrogens with zero attached hydrogens (tertiary/aromatic N) is 3. The minimum atomic E-state index is 0.393. The van der Waals surface area contributed by atoms with E-state index in [2.05, 4.69) is 35.5 Å². The maximum Gasteiger partial charge on any atom is 0.148 e. The highest BCUT2D eigenvalue weighted by atomic mass is 35.5. The second-order valence-electron chi connectivity index (χ2n) is 4.70. The summed E-state index contributed by atoms with van der Waals surface area (Å²) in [6.45, 7) is 6.56. The predicted molar refractivity (Wildman–Crippen MR) is 61.1 cm³/mol. The lowest BCUT2D eigenvalue weighted by Crippen LogP contribution is -2.12. The minimum Gasteiger partial charge on any atom is -0.311 e. The molecule has 1 fully saturated rings. The molecular formula is C11H18ClN3. The van der Waals surface area contributed by atoms with Crippen molar-refractivity contribution in [3.8, 4) is 0 Å². The molecule has 1 aliphatic rings. The molecule has 1 aliphatic carbocycles. The van der Waals surface area contributed by atoms with Crippen LogP contribution in [0.3, 0.4) is 0 Å². The molecule has 0 bridgehead atoms. The van der Waals surface area contributed by atoms with Crippen LogP contribution < -0.4 is 0 Å². The van der Waals surface area contributed by atoms with Crippen molar-refractivity contribution < 1.29 is 0 Å². The number of hydrogen-bond acceptors (Lipinski definition) is 2. The van der Waals surface area contributed by atoms with Crippen LogP contribution in [0.2, 0.25) is 0 Å². The Hall–Kier alpha value is -0.570. The van der Waals surface area contributed by atoms with Gasteiger partial charge in [0.2, 0.25) is 0 Å². The second-order valence-corrected chi connectivity index (χ2v) is 4.97. The molecule has 2 rings (SSSR count). The Bertz CT molecular complexity index is 342. The van der Waals surface area contributed by atoms with E-state index in [4.69, 9.17) is 11.6 Å². The lowest BCUT2D eigenvalue weighted by molar-refractivity contribution is 0.505. The van der Waals surface area contributed by atoms with Gasteiger partial charge in [0.05, 0.1) is 5.88 Å². The van der Waals surface area contributed by atoms with Crippen LogP contribution in [0.4, 0.5) is 0 Å². The molecule has 0 N–H and O–H groups in total. The van der Waals surface area contributed by atoms with Gasteiger partial charge >= 0.3 is 0 Å². The van der Waals surface area contributed by atoms with Crippen LogP contribution in [0.25, 0.3) is 0 Å². The van der Waals surface area contributed by atoms with Crippen LogP contribution in [-0.2, 0) is 5.88 Å². The van der Waals surface area contributed by atoms with Gasteiger partial charge in [-0.1, -0.05) is 6.92 Å². The maximum absolute atomic E-state index is 5.87. The third-order valence-electron chi connectivity index (χ3n) is 3.17. The van der Waals surface area contributed by atoms with Crippen LogP contribution in [0.5, 0.6) is 0 Å². The van der Waals surface area contributed by atoms with Crippen LogP contribution in [0, 0.1) is 5.92 Å². The molecule has 0 saturated heterocycles. The smallest absolute Gasteiger partial charge is 0.148 e. The first kappa shape index (κ1) is 10.9. The van der Waals surface area contributed by atoms with Gasteiger partial charge in [-0.25, -0.2) is 0 Å². The van der Waals surface area contributed by atoms with Crippen molar-refractivity contribution in [3.05, 3.63) is 11.6 Å². The molecule has 0 aliphatic heterocycles. The largest absolute Gasteiger partial charge is 0.311 e. The Balaban J connectivity index is 2.32. The van der Waals surface area contributed by atoms with Gasteiger partial charge < -0.3 is 4.57 Å². The number of alkyl halides is 1. The molecule has 1 heterocycles. The number of hydrogen-bond donors (Lipinski definition) is 0. The number of aromatic nitrogens is 3. The first-order chi connectivity index (χ1) is 7.15. The molecular weight excluding hydrogens is 210 g/mol. The van der Waals surface area contributed by atoms with Gasteiger partial charge in [0.15, 0.2) is 0 Å². The lowest BCUT2D eigenvalue weighted by Gasteiger charge is -2.16. The summed E-state index contributed by atoms with van der Waals surface area (Å²) in [7, 11) is 0. The summed E-state index contributed by atoms with van der Waals surface area (Å²) in [5, 5.41) is 8.47. The highest BCUT2D eigenvalue weighted by Gasteiger charge is 2.33. The summed E-state index contributed by atoms with van der Waals surface area (Å²) in [6.07, 6.45) is 2.67. The molecule has 1 saturated carbocycles. The fraction of sp³-hybridized carbons (Fsp3) is 0.818. The van der Waals surface area contributed by atoms with Crippen molar-refractivity contribution in [3.63, 3.8) is 0 Å². The molecule has 1 atom stereocenters. The van der Waals surface area contributed by atoms with E-state index in [0.717, 1.165) is 17.6 Å². The van der Waals surface area contributed by atoms with Crippen LogP contribution >= 0.6 is 11.6 Å². The Morgan fingerprint density at radius 2 is 2.00 bits per heavy atom. The van der Waals surface area contributed by atoms with Gasteiger partial charge in [-0.2, -0.15) is 0 Å². The predicted octanol–water partition coefficient (Wildman–Crippen LogP) is 3.11. The summed E-state index contributed by atoms with van der Waals surface area (Å²) in [5.74, 6) is 3.80. The van der Waals surface area contributed by atoms with Crippen molar-refractivity contribution in [2.45, 2.75) is 51.5 Å². The highest BCUT2D eigenvalue weighted by molar-refractivity contribution is 6.16. The molecule has 1 aromatic rings. The number of halogens is 1. The molecule has 0 spiro atoms. The summed E-state index contributed by atoms with van der Waals surface area (Å²) < 4.78 is 2.19. The average Bonchev–Trinajstić information content (AvgIpc) is 2.95. The van der Waals surface area contributed by atoms with E-state index >= 15 is 0 Å². The van der Waals surface area contributed by atoms with Crippen molar-refractivity contribution in [1.82, 2.24) is 14.8 Å². The van der Waals surface area contributed by atoms with Gasteiger partial charge in [0.25, 0.3) is 0 Å². The Kier molecular flexibility index (Phi) is 3.01. The first-order valence-electron chi connectivity index (χ1n) is 5.64. The third kappa shape index (κ3) is 2.03. The monoisotopic (exact) mass is 227 g/mol. The van der Waals surface area contributed by atoms with E-state index in [-0.39, 0.29) is 0 Å². The topological polar surface area (TPSA) is 30.7 Å². The Morgan fingerprint density at radius 1 is 1.33 bits per heavy atom. The summed E-state index contributed by atoms with van der Waals surface area (Å²) >= 11 is 5.87. The summed E-state index contributed by atoms with van der Waals surface area (Å²) in [4.78, 5) is 0. The van der Waals surface area contributed by atoms with Gasteiger partial charge in [-0.3, -0.25) is 0 Å². The van der Waals surface area contributed by atoms with Crippen LogP contribution in [0.15, 0.2) is 0 Å². The van der Waals surface area contributed by atoms with E-state index in [1.165, 1.54) is 12.8 Å². The van der Waals surface area contributed by atoms with Crippen molar-refractivity contribution >= 4 is 11.6 Å². The van der Waals surface area contributed by atoms with E-state index in [9.17, 15) is 0 Å². The van der Waals surface area contributed by atoms with Gasteiger partial charge in [0.1, 0.15) is 11.6 Å². The molecule has 84 valence electrons. The van der Waals surface area contributed by atoms with Crippen LogP contribution in [0.1, 0.15) is 57.2 Å². The Morgan fingerprint density at radius 3 is 2.47 bits per heavy atom. The molecule has 0 amide bonds. The molecule has 0 aromatic carbocycles. The van der Waals surface area contributed by atoms with Crippen molar-refractivity contribution in [2.24, 2.45) is 5.92 Å². The van der Waals surface area contributed by atoms with Crippen LogP contribution in [-0.4, -0.2) is 14.8 Å². The first-order valence-corrected chi connectivity index (χ1v) is 6.18. The van der Waals surface area contributed by atoms with E-state index in [0.29, 0.717) is 17.8 Å². The molecule has 15 heavy (non-hydrogen) atoms. The molecule has 3 nitrogen and oxygen atoms in total. The second kappa shape index (κ2) is 4.12. The Labute approximate surface area is 95.8 Å². The SMILES string of the molecule is CC(c1nnc(CCl)n1C(C)C)C1CC1.